The van der Waals surface area contributed by atoms with E-state index in [4.69, 9.17) is 22.1 Å². The maximum atomic E-state index is 14.7. The van der Waals surface area contributed by atoms with Crippen molar-refractivity contribution >= 4 is 45.9 Å². The Morgan fingerprint density at radius 1 is 1.26 bits per heavy atom. The number of anilines is 1. The number of ether oxygens (including phenoxy) is 1. The standard InChI is InChI=1S/C26H30ClFN6O5/c1-16(15-35)33(23(37)14-34-21-5-3-2-4-19(21)25(31-34)26(29)38)13-22(36)30-12-17-10-18(11-20(27)24(17)28)32-6-8-39-9-7-32/h2-5,10-11,16,35H,6-9,12-15H2,1H3,(H2,29,38)(H,30,36)/t16-/m1/s1. The molecule has 1 aromatic heterocycles. The third-order valence-corrected chi connectivity index (χ3v) is 6.82. The highest BCUT2D eigenvalue weighted by Gasteiger charge is 2.25. The number of primary amides is 1. The summed E-state index contributed by atoms with van der Waals surface area (Å²) in [6.45, 7) is 2.73. The molecule has 208 valence electrons. The second-order valence-corrected chi connectivity index (χ2v) is 9.62. The summed E-state index contributed by atoms with van der Waals surface area (Å²) in [5.74, 6) is -2.44. The molecule has 1 atom stereocenters. The molecule has 0 aliphatic carbocycles. The van der Waals surface area contributed by atoms with Crippen LogP contribution in [-0.2, 0) is 27.4 Å². The van der Waals surface area contributed by atoms with E-state index in [9.17, 15) is 23.9 Å². The summed E-state index contributed by atoms with van der Waals surface area (Å²) in [4.78, 5) is 41.1. The third-order valence-electron chi connectivity index (χ3n) is 6.55. The van der Waals surface area contributed by atoms with Gasteiger partial charge in [0.15, 0.2) is 5.69 Å². The van der Waals surface area contributed by atoms with E-state index in [1.54, 1.807) is 43.3 Å². The lowest BCUT2D eigenvalue weighted by atomic mass is 10.1. The van der Waals surface area contributed by atoms with Crippen LogP contribution in [0, 0.1) is 5.82 Å². The highest BCUT2D eigenvalue weighted by atomic mass is 35.5. The van der Waals surface area contributed by atoms with E-state index in [0.717, 1.165) is 5.69 Å². The van der Waals surface area contributed by atoms with Gasteiger partial charge in [0.2, 0.25) is 11.8 Å². The molecule has 0 unspecified atom stereocenters. The number of rotatable bonds is 10. The fraction of sp³-hybridized carbons (Fsp3) is 0.385. The monoisotopic (exact) mass is 560 g/mol. The normalized spacial score (nSPS) is 14.3. The van der Waals surface area contributed by atoms with Crippen LogP contribution in [0.3, 0.4) is 0 Å². The summed E-state index contributed by atoms with van der Waals surface area (Å²) >= 11 is 6.12. The Morgan fingerprint density at radius 3 is 2.67 bits per heavy atom. The zero-order valence-corrected chi connectivity index (χ0v) is 22.2. The van der Waals surface area contributed by atoms with Crippen molar-refractivity contribution in [2.45, 2.75) is 26.1 Å². The Balaban J connectivity index is 1.46. The second kappa shape index (κ2) is 12.4. The summed E-state index contributed by atoms with van der Waals surface area (Å²) in [5, 5.41) is 17.0. The van der Waals surface area contributed by atoms with Crippen LogP contribution in [0.4, 0.5) is 10.1 Å². The molecule has 11 nitrogen and oxygen atoms in total. The second-order valence-electron chi connectivity index (χ2n) is 9.22. The van der Waals surface area contributed by atoms with E-state index in [1.807, 2.05) is 4.90 Å². The van der Waals surface area contributed by atoms with Gasteiger partial charge in [-0.1, -0.05) is 29.8 Å². The van der Waals surface area contributed by atoms with Crippen LogP contribution in [0.1, 0.15) is 23.0 Å². The first-order chi connectivity index (χ1) is 18.7. The maximum absolute atomic E-state index is 14.7. The number of hydrogen-bond acceptors (Lipinski definition) is 7. The quantitative estimate of drug-likeness (QED) is 0.339. The van der Waals surface area contributed by atoms with Crippen LogP contribution >= 0.6 is 11.6 Å². The van der Waals surface area contributed by atoms with E-state index in [0.29, 0.717) is 37.2 Å². The van der Waals surface area contributed by atoms with Crippen LogP contribution in [0.5, 0.6) is 0 Å². The molecule has 1 saturated heterocycles. The van der Waals surface area contributed by atoms with Gasteiger partial charge in [-0.25, -0.2) is 4.39 Å². The number of amides is 3. The minimum absolute atomic E-state index is 0.0258. The molecule has 2 aromatic carbocycles. The number of aliphatic hydroxyl groups excluding tert-OH is 1. The summed E-state index contributed by atoms with van der Waals surface area (Å²) in [5.41, 5.74) is 6.91. The first-order valence-electron chi connectivity index (χ1n) is 12.4. The lowest BCUT2D eigenvalue weighted by Gasteiger charge is -2.29. The van der Waals surface area contributed by atoms with Crippen molar-refractivity contribution in [1.29, 1.82) is 0 Å². The topological polar surface area (TPSA) is 143 Å². The number of nitrogens with two attached hydrogens (primary N) is 1. The summed E-state index contributed by atoms with van der Waals surface area (Å²) in [6, 6.07) is 9.29. The Morgan fingerprint density at radius 2 is 1.97 bits per heavy atom. The SMILES string of the molecule is C[C@H](CO)N(CC(=O)NCc1cc(N2CCOCC2)cc(Cl)c1F)C(=O)Cn1nc(C(N)=O)c2ccccc21. The number of hydrogen-bond donors (Lipinski definition) is 3. The molecule has 1 aliphatic heterocycles. The molecule has 0 radical (unpaired) electrons. The lowest BCUT2D eigenvalue weighted by Crippen LogP contribution is -2.47. The average molecular weight is 561 g/mol. The highest BCUT2D eigenvalue weighted by Crippen LogP contribution is 2.27. The van der Waals surface area contributed by atoms with Crippen LogP contribution in [-0.4, -0.2) is 83.0 Å². The van der Waals surface area contributed by atoms with Crippen LogP contribution < -0.4 is 16.0 Å². The number of aliphatic hydroxyl groups is 1. The summed E-state index contributed by atoms with van der Waals surface area (Å²) in [6.07, 6.45) is 0. The molecule has 0 saturated carbocycles. The first-order valence-corrected chi connectivity index (χ1v) is 12.8. The van der Waals surface area contributed by atoms with Crippen molar-refractivity contribution in [2.75, 3.05) is 44.4 Å². The molecule has 1 fully saturated rings. The van der Waals surface area contributed by atoms with E-state index in [2.05, 4.69) is 10.4 Å². The first kappa shape index (κ1) is 28.3. The highest BCUT2D eigenvalue weighted by molar-refractivity contribution is 6.31. The lowest BCUT2D eigenvalue weighted by molar-refractivity contribution is -0.139. The van der Waals surface area contributed by atoms with E-state index >= 15 is 0 Å². The minimum atomic E-state index is -0.734. The number of carbonyl (C=O) groups excluding carboxylic acids is 3. The van der Waals surface area contributed by atoms with Crippen molar-refractivity contribution in [3.05, 3.63) is 58.5 Å². The number of benzene rings is 2. The zero-order chi connectivity index (χ0) is 28.1. The van der Waals surface area contributed by atoms with E-state index < -0.39 is 36.2 Å². The van der Waals surface area contributed by atoms with Crippen LogP contribution in [0.25, 0.3) is 10.9 Å². The zero-order valence-electron chi connectivity index (χ0n) is 21.4. The number of halogens is 2. The van der Waals surface area contributed by atoms with Gasteiger partial charge < -0.3 is 30.7 Å². The van der Waals surface area contributed by atoms with Crippen molar-refractivity contribution in [1.82, 2.24) is 20.0 Å². The Labute approximate surface area is 229 Å². The van der Waals surface area contributed by atoms with Gasteiger partial charge in [-0.2, -0.15) is 5.10 Å². The van der Waals surface area contributed by atoms with Gasteiger partial charge in [0.05, 0.1) is 42.9 Å². The maximum Gasteiger partial charge on any atom is 0.269 e. The van der Waals surface area contributed by atoms with Crippen molar-refractivity contribution in [3.8, 4) is 0 Å². The molecule has 0 bridgehead atoms. The molecule has 2 heterocycles. The predicted octanol–water partition coefficient (Wildman–Crippen LogP) is 1.29. The van der Waals surface area contributed by atoms with Crippen LogP contribution in [0.2, 0.25) is 5.02 Å². The average Bonchev–Trinajstić information content (AvgIpc) is 3.31. The van der Waals surface area contributed by atoms with Crippen molar-refractivity contribution in [3.63, 3.8) is 0 Å². The molecule has 13 heteroatoms. The Bertz CT molecular complexity index is 1380. The van der Waals surface area contributed by atoms with Gasteiger partial charge >= 0.3 is 0 Å². The molecule has 39 heavy (non-hydrogen) atoms. The molecule has 3 amide bonds. The smallest absolute Gasteiger partial charge is 0.269 e. The van der Waals surface area contributed by atoms with Gasteiger partial charge in [-0.3, -0.25) is 19.1 Å². The van der Waals surface area contributed by atoms with Crippen molar-refractivity contribution in [2.24, 2.45) is 5.73 Å². The molecule has 3 aromatic rings. The largest absolute Gasteiger partial charge is 0.394 e. The van der Waals surface area contributed by atoms with Crippen molar-refractivity contribution < 1.29 is 28.6 Å². The number of nitrogens with one attached hydrogen (secondary N) is 1. The molecular weight excluding hydrogens is 531 g/mol. The Kier molecular flexibility index (Phi) is 9.00. The third kappa shape index (κ3) is 6.47. The number of aromatic nitrogens is 2. The summed E-state index contributed by atoms with van der Waals surface area (Å²) in [7, 11) is 0. The number of nitrogens with zero attached hydrogens (tertiary/aromatic N) is 4. The fourth-order valence-corrected chi connectivity index (χ4v) is 4.64. The molecule has 0 spiro atoms. The van der Waals surface area contributed by atoms with Gasteiger partial charge in [0.25, 0.3) is 5.91 Å². The fourth-order valence-electron chi connectivity index (χ4n) is 4.40. The molecule has 4 N–H and O–H groups in total. The molecular formula is C26H30ClFN6O5. The van der Waals surface area contributed by atoms with Gasteiger partial charge in [-0.05, 0) is 25.1 Å². The van der Waals surface area contributed by atoms with Gasteiger partial charge in [0, 0.05) is 36.3 Å². The molecule has 1 aliphatic rings. The predicted molar refractivity (Wildman–Crippen MR) is 143 cm³/mol. The molecule has 4 rings (SSSR count). The number of fused-ring (bicyclic) bond motifs is 1. The number of para-hydroxylation sites is 1. The van der Waals surface area contributed by atoms with Gasteiger partial charge in [-0.15, -0.1) is 0 Å². The minimum Gasteiger partial charge on any atom is -0.394 e. The van der Waals surface area contributed by atoms with E-state index in [1.165, 1.54) is 9.58 Å². The van der Waals surface area contributed by atoms with Gasteiger partial charge in [0.1, 0.15) is 12.4 Å². The van der Waals surface area contributed by atoms with E-state index in [-0.39, 0.29) is 35.9 Å². The summed E-state index contributed by atoms with van der Waals surface area (Å²) < 4.78 is 21.4. The number of morpholine rings is 1. The Hall–Kier alpha value is -3.74. The number of carbonyl (C=O) groups is 3. The van der Waals surface area contributed by atoms with Crippen LogP contribution in [0.15, 0.2) is 36.4 Å².